The predicted octanol–water partition coefficient (Wildman–Crippen LogP) is 3.35. The summed E-state index contributed by atoms with van der Waals surface area (Å²) in [7, 11) is 0. The van der Waals surface area contributed by atoms with Crippen molar-refractivity contribution in [3.63, 3.8) is 0 Å². The van der Waals surface area contributed by atoms with Crippen molar-refractivity contribution >= 4 is 28.1 Å². The van der Waals surface area contributed by atoms with Crippen LogP contribution in [-0.2, 0) is 0 Å². The van der Waals surface area contributed by atoms with Crippen LogP contribution in [0.3, 0.4) is 0 Å². The molecule has 0 heterocycles. The summed E-state index contributed by atoms with van der Waals surface area (Å²) in [5.41, 5.74) is 3.13. The van der Waals surface area contributed by atoms with Gasteiger partial charge in [-0.1, -0.05) is 30.3 Å². The fourth-order valence-electron chi connectivity index (χ4n) is 1.45. The van der Waals surface area contributed by atoms with E-state index in [0.29, 0.717) is 15.6 Å². The number of nitrogens with one attached hydrogen (secondary N) is 1. The molecule has 1 N–H and O–H groups in total. The van der Waals surface area contributed by atoms with Gasteiger partial charge in [-0.2, -0.15) is 5.10 Å². The molecule has 0 aromatic heterocycles. The van der Waals surface area contributed by atoms with E-state index in [1.54, 1.807) is 36.4 Å². The summed E-state index contributed by atoms with van der Waals surface area (Å²) in [5.74, 6) is -0.749. The standard InChI is InChI=1S/C14H10BrFN2O/c15-12-7-3-2-6-11(12)14(19)18-17-9-10-5-1-4-8-13(10)16/h1-9H,(H,18,19)/b17-9+. The van der Waals surface area contributed by atoms with Crippen LogP contribution in [0, 0.1) is 5.82 Å². The molecule has 2 aromatic rings. The van der Waals surface area contributed by atoms with E-state index in [9.17, 15) is 9.18 Å². The van der Waals surface area contributed by atoms with Gasteiger partial charge in [0.05, 0.1) is 11.8 Å². The summed E-state index contributed by atoms with van der Waals surface area (Å²) in [6, 6.07) is 13.2. The van der Waals surface area contributed by atoms with Gasteiger partial charge in [0, 0.05) is 10.0 Å². The van der Waals surface area contributed by atoms with E-state index in [4.69, 9.17) is 0 Å². The molecule has 19 heavy (non-hydrogen) atoms. The topological polar surface area (TPSA) is 41.5 Å². The first-order valence-electron chi connectivity index (χ1n) is 5.51. The zero-order valence-corrected chi connectivity index (χ0v) is 11.4. The van der Waals surface area contributed by atoms with Gasteiger partial charge in [0.15, 0.2) is 0 Å². The van der Waals surface area contributed by atoms with Crippen LogP contribution >= 0.6 is 15.9 Å². The van der Waals surface area contributed by atoms with E-state index in [-0.39, 0.29) is 11.7 Å². The Morgan fingerprint density at radius 3 is 2.58 bits per heavy atom. The number of carbonyl (C=O) groups excluding carboxylic acids is 1. The third kappa shape index (κ3) is 3.48. The maximum Gasteiger partial charge on any atom is 0.272 e. The molecule has 0 saturated carbocycles. The monoisotopic (exact) mass is 320 g/mol. The Bertz CT molecular complexity index is 628. The molecule has 0 aliphatic carbocycles. The van der Waals surface area contributed by atoms with Crippen molar-refractivity contribution in [1.82, 2.24) is 5.43 Å². The van der Waals surface area contributed by atoms with Crippen LogP contribution in [-0.4, -0.2) is 12.1 Å². The molecule has 5 heteroatoms. The number of hydrogen-bond donors (Lipinski definition) is 1. The fourth-order valence-corrected chi connectivity index (χ4v) is 1.91. The van der Waals surface area contributed by atoms with Crippen molar-refractivity contribution < 1.29 is 9.18 Å². The van der Waals surface area contributed by atoms with E-state index < -0.39 is 0 Å². The van der Waals surface area contributed by atoms with Crippen molar-refractivity contribution in [2.45, 2.75) is 0 Å². The van der Waals surface area contributed by atoms with Gasteiger partial charge in [0.1, 0.15) is 5.82 Å². The SMILES string of the molecule is O=C(N/N=C/c1ccccc1F)c1ccccc1Br. The van der Waals surface area contributed by atoms with Crippen molar-refractivity contribution in [1.29, 1.82) is 0 Å². The largest absolute Gasteiger partial charge is 0.272 e. The number of benzene rings is 2. The van der Waals surface area contributed by atoms with Crippen LogP contribution in [0.25, 0.3) is 0 Å². The first kappa shape index (κ1) is 13.4. The lowest BCUT2D eigenvalue weighted by Gasteiger charge is -2.02. The summed E-state index contributed by atoms with van der Waals surface area (Å²) in [5, 5.41) is 3.73. The van der Waals surface area contributed by atoms with Crippen LogP contribution in [0.5, 0.6) is 0 Å². The number of amides is 1. The van der Waals surface area contributed by atoms with E-state index in [2.05, 4.69) is 26.5 Å². The molecule has 0 aliphatic rings. The Morgan fingerprint density at radius 1 is 1.16 bits per heavy atom. The Kier molecular flexibility index (Phi) is 4.41. The van der Waals surface area contributed by atoms with Gasteiger partial charge >= 0.3 is 0 Å². The average molecular weight is 321 g/mol. The third-order valence-electron chi connectivity index (χ3n) is 2.39. The lowest BCUT2D eigenvalue weighted by atomic mass is 10.2. The van der Waals surface area contributed by atoms with Gasteiger partial charge in [-0.05, 0) is 34.1 Å². The highest BCUT2D eigenvalue weighted by Gasteiger charge is 2.07. The summed E-state index contributed by atoms with van der Waals surface area (Å²) < 4.78 is 14.0. The molecule has 3 nitrogen and oxygen atoms in total. The van der Waals surface area contributed by atoms with Crippen molar-refractivity contribution in [3.8, 4) is 0 Å². The second kappa shape index (κ2) is 6.24. The van der Waals surface area contributed by atoms with E-state index in [1.807, 2.05) is 6.07 Å². The molecule has 0 unspecified atom stereocenters. The fraction of sp³-hybridized carbons (Fsp3) is 0. The molecule has 0 fully saturated rings. The first-order chi connectivity index (χ1) is 9.18. The van der Waals surface area contributed by atoms with Crippen LogP contribution < -0.4 is 5.43 Å². The number of hydrogen-bond acceptors (Lipinski definition) is 2. The number of hydrazone groups is 1. The van der Waals surface area contributed by atoms with Crippen LogP contribution in [0.4, 0.5) is 4.39 Å². The first-order valence-corrected chi connectivity index (χ1v) is 6.30. The van der Waals surface area contributed by atoms with E-state index in [0.717, 1.165) is 0 Å². The Hall–Kier alpha value is -2.01. The highest BCUT2D eigenvalue weighted by atomic mass is 79.9. The molecule has 0 aliphatic heterocycles. The van der Waals surface area contributed by atoms with Gasteiger partial charge in [0.25, 0.3) is 5.91 Å². The Morgan fingerprint density at radius 2 is 1.84 bits per heavy atom. The molecule has 0 spiro atoms. The van der Waals surface area contributed by atoms with Gasteiger partial charge in [-0.25, -0.2) is 9.82 Å². The molecule has 0 bridgehead atoms. The smallest absolute Gasteiger partial charge is 0.267 e. The minimum atomic E-state index is -0.388. The minimum Gasteiger partial charge on any atom is -0.267 e. The normalized spacial score (nSPS) is 10.6. The lowest BCUT2D eigenvalue weighted by molar-refractivity contribution is 0.0954. The zero-order chi connectivity index (χ0) is 13.7. The van der Waals surface area contributed by atoms with Gasteiger partial charge in [0.2, 0.25) is 0 Å². The maximum atomic E-state index is 13.3. The summed E-state index contributed by atoms with van der Waals surface area (Å²) in [4.78, 5) is 11.8. The van der Waals surface area contributed by atoms with Gasteiger partial charge in [-0.15, -0.1) is 0 Å². The minimum absolute atomic E-state index is 0.315. The number of carbonyl (C=O) groups is 1. The van der Waals surface area contributed by atoms with Crippen molar-refractivity contribution in [3.05, 3.63) is 69.9 Å². The van der Waals surface area contributed by atoms with Crippen LogP contribution in [0.1, 0.15) is 15.9 Å². The maximum absolute atomic E-state index is 13.3. The number of rotatable bonds is 3. The Balaban J connectivity index is 2.06. The van der Waals surface area contributed by atoms with E-state index >= 15 is 0 Å². The molecule has 2 rings (SSSR count). The van der Waals surface area contributed by atoms with E-state index in [1.165, 1.54) is 12.3 Å². The highest BCUT2D eigenvalue weighted by molar-refractivity contribution is 9.10. The predicted molar refractivity (Wildman–Crippen MR) is 75.6 cm³/mol. The molecule has 0 saturated heterocycles. The summed E-state index contributed by atoms with van der Waals surface area (Å²) >= 11 is 3.27. The van der Waals surface area contributed by atoms with Crippen LogP contribution in [0.2, 0.25) is 0 Å². The molecule has 1 amide bonds. The Labute approximate surface area is 118 Å². The highest BCUT2D eigenvalue weighted by Crippen LogP contribution is 2.15. The quantitative estimate of drug-likeness (QED) is 0.684. The molecule has 0 radical (unpaired) electrons. The number of halogens is 2. The molecule has 0 atom stereocenters. The number of nitrogens with zero attached hydrogens (tertiary/aromatic N) is 1. The molecular weight excluding hydrogens is 311 g/mol. The average Bonchev–Trinajstić information content (AvgIpc) is 2.41. The lowest BCUT2D eigenvalue weighted by Crippen LogP contribution is -2.18. The van der Waals surface area contributed by atoms with Gasteiger partial charge in [-0.3, -0.25) is 4.79 Å². The van der Waals surface area contributed by atoms with Crippen molar-refractivity contribution in [2.24, 2.45) is 5.10 Å². The zero-order valence-electron chi connectivity index (χ0n) is 9.81. The molecular formula is C14H10BrFN2O. The second-order valence-corrected chi connectivity index (χ2v) is 4.55. The molecule has 2 aromatic carbocycles. The molecule has 96 valence electrons. The van der Waals surface area contributed by atoms with Gasteiger partial charge < -0.3 is 0 Å². The summed E-state index contributed by atoms with van der Waals surface area (Å²) in [6.45, 7) is 0. The summed E-state index contributed by atoms with van der Waals surface area (Å²) in [6.07, 6.45) is 1.27. The third-order valence-corrected chi connectivity index (χ3v) is 3.08. The van der Waals surface area contributed by atoms with Crippen LogP contribution in [0.15, 0.2) is 58.1 Å². The second-order valence-electron chi connectivity index (χ2n) is 3.70. The van der Waals surface area contributed by atoms with Crippen molar-refractivity contribution in [2.75, 3.05) is 0 Å².